The molecule has 0 aliphatic rings. The molecule has 0 atom stereocenters. The van der Waals surface area contributed by atoms with Crippen LogP contribution in [0.15, 0.2) is 18.2 Å². The molecular formula is C13H19BrFN. The SMILES string of the molecule is CCC(CC)N(C)c1c(F)cccc1CBr. The van der Waals surface area contributed by atoms with Crippen molar-refractivity contribution in [3.05, 3.63) is 29.6 Å². The highest BCUT2D eigenvalue weighted by molar-refractivity contribution is 9.08. The van der Waals surface area contributed by atoms with Gasteiger partial charge >= 0.3 is 0 Å². The highest BCUT2D eigenvalue weighted by Crippen LogP contribution is 2.28. The molecule has 1 nitrogen and oxygen atoms in total. The number of alkyl halides is 1. The van der Waals surface area contributed by atoms with Crippen LogP contribution in [-0.4, -0.2) is 13.1 Å². The van der Waals surface area contributed by atoms with Gasteiger partial charge in [-0.25, -0.2) is 4.39 Å². The van der Waals surface area contributed by atoms with Gasteiger partial charge in [0, 0.05) is 18.4 Å². The molecule has 16 heavy (non-hydrogen) atoms. The molecule has 0 aliphatic carbocycles. The molecule has 0 spiro atoms. The predicted molar refractivity (Wildman–Crippen MR) is 71.8 cm³/mol. The average molecular weight is 288 g/mol. The second-order valence-corrected chi connectivity index (χ2v) is 4.52. The minimum Gasteiger partial charge on any atom is -0.369 e. The van der Waals surface area contributed by atoms with Crippen molar-refractivity contribution in [3.8, 4) is 0 Å². The molecule has 1 aromatic rings. The quantitative estimate of drug-likeness (QED) is 0.728. The average Bonchev–Trinajstić information content (AvgIpc) is 2.29. The van der Waals surface area contributed by atoms with Gasteiger partial charge in [-0.1, -0.05) is 41.9 Å². The summed E-state index contributed by atoms with van der Waals surface area (Å²) in [5.74, 6) is -0.133. The summed E-state index contributed by atoms with van der Waals surface area (Å²) in [5.41, 5.74) is 1.74. The fraction of sp³-hybridized carbons (Fsp3) is 0.538. The van der Waals surface area contributed by atoms with Crippen LogP contribution in [0.1, 0.15) is 32.3 Å². The molecule has 0 heterocycles. The van der Waals surface area contributed by atoms with Gasteiger partial charge in [0.15, 0.2) is 0 Å². The lowest BCUT2D eigenvalue weighted by atomic mass is 10.1. The monoisotopic (exact) mass is 287 g/mol. The molecule has 0 saturated carbocycles. The van der Waals surface area contributed by atoms with Gasteiger partial charge in [0.05, 0.1) is 5.69 Å². The maximum absolute atomic E-state index is 13.9. The van der Waals surface area contributed by atoms with E-state index in [1.165, 1.54) is 6.07 Å². The molecule has 0 amide bonds. The summed E-state index contributed by atoms with van der Waals surface area (Å²) < 4.78 is 13.9. The highest BCUT2D eigenvalue weighted by Gasteiger charge is 2.17. The predicted octanol–water partition coefficient (Wildman–Crippen LogP) is 4.35. The van der Waals surface area contributed by atoms with Crippen LogP contribution in [0.5, 0.6) is 0 Å². The second kappa shape index (κ2) is 6.24. The molecule has 0 fully saturated rings. The summed E-state index contributed by atoms with van der Waals surface area (Å²) in [6, 6.07) is 5.65. The smallest absolute Gasteiger partial charge is 0.146 e. The van der Waals surface area contributed by atoms with Gasteiger partial charge in [0.1, 0.15) is 5.82 Å². The molecule has 1 rings (SSSR count). The van der Waals surface area contributed by atoms with E-state index in [4.69, 9.17) is 0 Å². The zero-order valence-electron chi connectivity index (χ0n) is 10.1. The van der Waals surface area contributed by atoms with Crippen molar-refractivity contribution in [1.29, 1.82) is 0 Å². The lowest BCUT2D eigenvalue weighted by Gasteiger charge is -2.30. The molecule has 1 aromatic carbocycles. The fourth-order valence-electron chi connectivity index (χ4n) is 2.08. The second-order valence-electron chi connectivity index (χ2n) is 3.96. The van der Waals surface area contributed by atoms with E-state index in [9.17, 15) is 4.39 Å². The lowest BCUT2D eigenvalue weighted by molar-refractivity contribution is 0.564. The maximum atomic E-state index is 13.9. The summed E-state index contributed by atoms with van der Waals surface area (Å²) >= 11 is 3.41. The largest absolute Gasteiger partial charge is 0.369 e. The lowest BCUT2D eigenvalue weighted by Crippen LogP contribution is -2.31. The molecule has 90 valence electrons. The molecule has 0 N–H and O–H groups in total. The Morgan fingerprint density at radius 1 is 1.31 bits per heavy atom. The molecule has 0 aliphatic heterocycles. The number of hydrogen-bond acceptors (Lipinski definition) is 1. The van der Waals surface area contributed by atoms with Crippen LogP contribution in [0.4, 0.5) is 10.1 Å². The highest BCUT2D eigenvalue weighted by atomic mass is 79.9. The number of hydrogen-bond donors (Lipinski definition) is 0. The van der Waals surface area contributed by atoms with Gasteiger partial charge < -0.3 is 4.90 Å². The van der Waals surface area contributed by atoms with Crippen molar-refractivity contribution in [2.75, 3.05) is 11.9 Å². The van der Waals surface area contributed by atoms with E-state index in [0.29, 0.717) is 11.4 Å². The van der Waals surface area contributed by atoms with Crippen LogP contribution in [-0.2, 0) is 5.33 Å². The van der Waals surface area contributed by atoms with Crippen molar-refractivity contribution in [1.82, 2.24) is 0 Å². The summed E-state index contributed by atoms with van der Waals surface area (Å²) in [4.78, 5) is 2.06. The molecule has 0 saturated heterocycles. The first-order valence-corrected chi connectivity index (χ1v) is 6.84. The van der Waals surface area contributed by atoms with Crippen molar-refractivity contribution in [2.24, 2.45) is 0 Å². The molecular weight excluding hydrogens is 269 g/mol. The maximum Gasteiger partial charge on any atom is 0.146 e. The Labute approximate surface area is 106 Å². The van der Waals surface area contributed by atoms with Crippen LogP contribution in [0.3, 0.4) is 0 Å². The van der Waals surface area contributed by atoms with E-state index in [0.717, 1.165) is 24.1 Å². The van der Waals surface area contributed by atoms with E-state index < -0.39 is 0 Å². The van der Waals surface area contributed by atoms with Crippen LogP contribution in [0, 0.1) is 5.82 Å². The van der Waals surface area contributed by atoms with Crippen LogP contribution in [0.25, 0.3) is 0 Å². The van der Waals surface area contributed by atoms with Crippen molar-refractivity contribution < 1.29 is 4.39 Å². The molecule has 0 radical (unpaired) electrons. The van der Waals surface area contributed by atoms with Gasteiger partial charge in [-0.3, -0.25) is 0 Å². The van der Waals surface area contributed by atoms with Crippen molar-refractivity contribution in [2.45, 2.75) is 38.1 Å². The Kier molecular flexibility index (Phi) is 5.26. The normalized spacial score (nSPS) is 10.9. The third-order valence-corrected chi connectivity index (χ3v) is 3.66. The number of nitrogens with zero attached hydrogens (tertiary/aromatic N) is 1. The Morgan fingerprint density at radius 2 is 1.94 bits per heavy atom. The Morgan fingerprint density at radius 3 is 2.44 bits per heavy atom. The van der Waals surface area contributed by atoms with E-state index in [2.05, 4.69) is 34.7 Å². The van der Waals surface area contributed by atoms with Crippen molar-refractivity contribution in [3.63, 3.8) is 0 Å². The van der Waals surface area contributed by atoms with E-state index >= 15 is 0 Å². The van der Waals surface area contributed by atoms with Gasteiger partial charge in [0.25, 0.3) is 0 Å². The van der Waals surface area contributed by atoms with Gasteiger partial charge in [-0.05, 0) is 24.5 Å². The Balaban J connectivity index is 3.10. The first kappa shape index (κ1) is 13.5. The zero-order valence-corrected chi connectivity index (χ0v) is 11.7. The third kappa shape index (κ3) is 2.76. The standard InChI is InChI=1S/C13H19BrFN/c1-4-11(5-2)16(3)13-10(9-14)7-6-8-12(13)15/h6-8,11H,4-5,9H2,1-3H3. The topological polar surface area (TPSA) is 3.24 Å². The van der Waals surface area contributed by atoms with Gasteiger partial charge in [0.2, 0.25) is 0 Å². The first-order chi connectivity index (χ1) is 7.65. The summed E-state index contributed by atoms with van der Waals surface area (Å²) in [7, 11) is 1.97. The fourth-order valence-corrected chi connectivity index (χ4v) is 2.53. The Bertz CT molecular complexity index is 337. The summed E-state index contributed by atoms with van der Waals surface area (Å²) in [6.07, 6.45) is 2.06. The van der Waals surface area contributed by atoms with Crippen LogP contribution in [0.2, 0.25) is 0 Å². The molecule has 3 heteroatoms. The van der Waals surface area contributed by atoms with Crippen LogP contribution < -0.4 is 4.90 Å². The number of rotatable bonds is 5. The number of anilines is 1. The minimum atomic E-state index is -0.133. The van der Waals surface area contributed by atoms with E-state index in [1.807, 2.05) is 13.1 Å². The van der Waals surface area contributed by atoms with E-state index in [-0.39, 0.29) is 5.82 Å². The van der Waals surface area contributed by atoms with Crippen LogP contribution >= 0.6 is 15.9 Å². The molecule has 0 bridgehead atoms. The van der Waals surface area contributed by atoms with E-state index in [1.54, 1.807) is 6.07 Å². The third-order valence-electron chi connectivity index (χ3n) is 3.06. The zero-order chi connectivity index (χ0) is 12.1. The minimum absolute atomic E-state index is 0.133. The first-order valence-electron chi connectivity index (χ1n) is 5.71. The van der Waals surface area contributed by atoms with Crippen molar-refractivity contribution >= 4 is 21.6 Å². The number of benzene rings is 1. The summed E-state index contributed by atoms with van der Waals surface area (Å²) in [6.45, 7) is 4.28. The Hall–Kier alpha value is -0.570. The number of halogens is 2. The molecule has 0 aromatic heterocycles. The molecule has 0 unspecified atom stereocenters. The van der Waals surface area contributed by atoms with Gasteiger partial charge in [-0.15, -0.1) is 0 Å². The number of para-hydroxylation sites is 1. The van der Waals surface area contributed by atoms with Gasteiger partial charge in [-0.2, -0.15) is 0 Å². The summed E-state index contributed by atoms with van der Waals surface area (Å²) in [5, 5.41) is 0.685.